The Balaban J connectivity index is 2.03. The van der Waals surface area contributed by atoms with Gasteiger partial charge in [-0.3, -0.25) is 4.84 Å². The maximum Gasteiger partial charge on any atom is 0.128 e. The first kappa shape index (κ1) is 8.58. The van der Waals surface area contributed by atoms with Gasteiger partial charge in [0.05, 0.1) is 0 Å². The average molecular weight is 153 g/mol. The first-order chi connectivity index (χ1) is 5.25. The molecule has 0 aliphatic heterocycles. The Labute approximate surface area is 68.3 Å². The lowest BCUT2D eigenvalue weighted by atomic mass is 10.2. The van der Waals surface area contributed by atoms with Crippen LogP contribution < -0.4 is 5.48 Å². The first-order valence-electron chi connectivity index (χ1n) is 4.06. The summed E-state index contributed by atoms with van der Waals surface area (Å²) < 4.78 is 0. The van der Waals surface area contributed by atoms with E-state index in [4.69, 9.17) is 11.3 Å². The summed E-state index contributed by atoms with van der Waals surface area (Å²) in [6.07, 6.45) is 6.33. The molecule has 0 spiro atoms. The van der Waals surface area contributed by atoms with Crippen molar-refractivity contribution in [1.82, 2.24) is 5.48 Å². The van der Waals surface area contributed by atoms with Crippen molar-refractivity contribution in [2.45, 2.75) is 26.3 Å². The fourth-order valence-corrected chi connectivity index (χ4v) is 1.35. The number of hydroxylamine groups is 1. The standard InChI is InChI=1S/C9H15NO/c1-4-5-11-10-8(3)9-6-7(9)2/h1,7-10H,5-6H2,2-3H3. The van der Waals surface area contributed by atoms with E-state index < -0.39 is 0 Å². The number of terminal acetylenes is 1. The molecular weight excluding hydrogens is 138 g/mol. The van der Waals surface area contributed by atoms with E-state index in [0.717, 1.165) is 11.8 Å². The van der Waals surface area contributed by atoms with Gasteiger partial charge < -0.3 is 0 Å². The minimum Gasteiger partial charge on any atom is -0.289 e. The second kappa shape index (κ2) is 3.75. The molecule has 1 aliphatic rings. The number of hydrogen-bond donors (Lipinski definition) is 1. The van der Waals surface area contributed by atoms with Crippen LogP contribution in [0.4, 0.5) is 0 Å². The van der Waals surface area contributed by atoms with Crippen molar-refractivity contribution in [2.75, 3.05) is 6.61 Å². The molecule has 2 nitrogen and oxygen atoms in total. The lowest BCUT2D eigenvalue weighted by Gasteiger charge is -2.10. The van der Waals surface area contributed by atoms with E-state index in [1.807, 2.05) is 0 Å². The van der Waals surface area contributed by atoms with Crippen LogP contribution in [-0.2, 0) is 4.84 Å². The Morgan fingerprint density at radius 3 is 2.91 bits per heavy atom. The summed E-state index contributed by atoms with van der Waals surface area (Å²) in [5.41, 5.74) is 2.93. The molecule has 0 saturated heterocycles. The van der Waals surface area contributed by atoms with E-state index >= 15 is 0 Å². The van der Waals surface area contributed by atoms with E-state index in [-0.39, 0.29) is 0 Å². The molecule has 3 atom stereocenters. The van der Waals surface area contributed by atoms with Crippen LogP contribution in [0.15, 0.2) is 0 Å². The zero-order valence-corrected chi connectivity index (χ0v) is 7.13. The highest BCUT2D eigenvalue weighted by molar-refractivity contribution is 4.89. The molecular formula is C9H15NO. The van der Waals surface area contributed by atoms with Crippen molar-refractivity contribution in [1.29, 1.82) is 0 Å². The van der Waals surface area contributed by atoms with E-state index in [1.165, 1.54) is 6.42 Å². The van der Waals surface area contributed by atoms with Crippen molar-refractivity contribution in [3.8, 4) is 12.3 Å². The van der Waals surface area contributed by atoms with Gasteiger partial charge in [-0.2, -0.15) is 5.48 Å². The Morgan fingerprint density at radius 2 is 2.45 bits per heavy atom. The van der Waals surface area contributed by atoms with Gasteiger partial charge in [0.25, 0.3) is 0 Å². The van der Waals surface area contributed by atoms with Crippen molar-refractivity contribution < 1.29 is 4.84 Å². The average Bonchev–Trinajstić information content (AvgIpc) is 2.67. The van der Waals surface area contributed by atoms with Gasteiger partial charge in [-0.1, -0.05) is 12.8 Å². The van der Waals surface area contributed by atoms with Crippen LogP contribution in [0.1, 0.15) is 20.3 Å². The Kier molecular flexibility index (Phi) is 2.92. The van der Waals surface area contributed by atoms with Crippen molar-refractivity contribution in [3.63, 3.8) is 0 Å². The quantitative estimate of drug-likeness (QED) is 0.372. The van der Waals surface area contributed by atoms with Crippen molar-refractivity contribution >= 4 is 0 Å². The maximum absolute atomic E-state index is 5.02. The summed E-state index contributed by atoms with van der Waals surface area (Å²) in [6, 6.07) is 0.443. The second-order valence-electron chi connectivity index (χ2n) is 3.28. The Hall–Kier alpha value is -0.520. The van der Waals surface area contributed by atoms with Gasteiger partial charge in [-0.25, -0.2) is 0 Å². The number of nitrogens with one attached hydrogen (secondary N) is 1. The third-order valence-corrected chi connectivity index (χ3v) is 2.24. The van der Waals surface area contributed by atoms with Crippen LogP contribution in [0.5, 0.6) is 0 Å². The van der Waals surface area contributed by atoms with E-state index in [9.17, 15) is 0 Å². The molecule has 1 saturated carbocycles. The third-order valence-electron chi connectivity index (χ3n) is 2.24. The van der Waals surface area contributed by atoms with Crippen LogP contribution in [0.3, 0.4) is 0 Å². The fraction of sp³-hybridized carbons (Fsp3) is 0.778. The predicted molar refractivity (Wildman–Crippen MR) is 44.7 cm³/mol. The summed E-state index contributed by atoms with van der Waals surface area (Å²) in [6.45, 7) is 4.74. The monoisotopic (exact) mass is 153 g/mol. The van der Waals surface area contributed by atoms with Crippen LogP contribution >= 0.6 is 0 Å². The van der Waals surface area contributed by atoms with Crippen LogP contribution in [0, 0.1) is 24.2 Å². The lowest BCUT2D eigenvalue weighted by Crippen LogP contribution is -2.28. The molecule has 2 heteroatoms. The third kappa shape index (κ3) is 2.53. The van der Waals surface area contributed by atoms with Gasteiger partial charge in [0.1, 0.15) is 6.61 Å². The maximum atomic E-state index is 5.02. The van der Waals surface area contributed by atoms with E-state index in [2.05, 4.69) is 25.2 Å². The van der Waals surface area contributed by atoms with Gasteiger partial charge in [0, 0.05) is 6.04 Å². The highest BCUT2D eigenvalue weighted by Crippen LogP contribution is 2.40. The topological polar surface area (TPSA) is 21.3 Å². The molecule has 1 N–H and O–H groups in total. The molecule has 0 heterocycles. The Bertz CT molecular complexity index is 161. The zero-order chi connectivity index (χ0) is 8.27. The van der Waals surface area contributed by atoms with Crippen LogP contribution in [0.25, 0.3) is 0 Å². The number of rotatable bonds is 4. The molecule has 0 aromatic carbocycles. The van der Waals surface area contributed by atoms with Crippen molar-refractivity contribution in [3.05, 3.63) is 0 Å². The van der Waals surface area contributed by atoms with Gasteiger partial charge in [0.2, 0.25) is 0 Å². The molecule has 11 heavy (non-hydrogen) atoms. The summed E-state index contributed by atoms with van der Waals surface area (Å²) in [7, 11) is 0. The summed E-state index contributed by atoms with van der Waals surface area (Å²) in [4.78, 5) is 5.01. The number of hydrogen-bond acceptors (Lipinski definition) is 2. The molecule has 62 valence electrons. The highest BCUT2D eigenvalue weighted by Gasteiger charge is 2.37. The highest BCUT2D eigenvalue weighted by atomic mass is 16.6. The van der Waals surface area contributed by atoms with Crippen molar-refractivity contribution in [2.24, 2.45) is 11.8 Å². The van der Waals surface area contributed by atoms with E-state index in [1.54, 1.807) is 0 Å². The molecule has 1 rings (SSSR count). The SMILES string of the molecule is C#CCONC(C)C1CC1C. The largest absolute Gasteiger partial charge is 0.289 e. The molecule has 0 radical (unpaired) electrons. The molecule has 0 aromatic rings. The second-order valence-corrected chi connectivity index (χ2v) is 3.28. The van der Waals surface area contributed by atoms with Crippen LogP contribution in [0.2, 0.25) is 0 Å². The normalized spacial score (nSPS) is 31.0. The molecule has 1 aliphatic carbocycles. The molecule has 1 fully saturated rings. The zero-order valence-electron chi connectivity index (χ0n) is 7.13. The minimum atomic E-state index is 0.353. The summed E-state index contributed by atoms with van der Waals surface area (Å²) >= 11 is 0. The fourth-order valence-electron chi connectivity index (χ4n) is 1.35. The molecule has 0 aromatic heterocycles. The van der Waals surface area contributed by atoms with Gasteiger partial charge in [-0.15, -0.1) is 6.42 Å². The molecule has 3 unspecified atom stereocenters. The smallest absolute Gasteiger partial charge is 0.128 e. The predicted octanol–water partition coefficient (Wildman–Crippen LogP) is 1.19. The van der Waals surface area contributed by atoms with Gasteiger partial charge in [0.15, 0.2) is 0 Å². The van der Waals surface area contributed by atoms with Gasteiger partial charge in [-0.05, 0) is 25.2 Å². The van der Waals surface area contributed by atoms with Crippen LogP contribution in [-0.4, -0.2) is 12.6 Å². The minimum absolute atomic E-state index is 0.353. The van der Waals surface area contributed by atoms with Gasteiger partial charge >= 0.3 is 0 Å². The molecule has 0 amide bonds. The summed E-state index contributed by atoms with van der Waals surface area (Å²) in [5.74, 6) is 4.05. The molecule has 0 bridgehead atoms. The first-order valence-corrected chi connectivity index (χ1v) is 4.06. The Morgan fingerprint density at radius 1 is 1.82 bits per heavy atom. The summed E-state index contributed by atoms with van der Waals surface area (Å²) in [5, 5.41) is 0. The lowest BCUT2D eigenvalue weighted by molar-refractivity contribution is 0.0360. The van der Waals surface area contributed by atoms with E-state index in [0.29, 0.717) is 12.6 Å².